The maximum atomic E-state index is 9.39. The molecule has 1 fully saturated rings. The first-order valence-electron chi connectivity index (χ1n) is 7.97. The predicted molar refractivity (Wildman–Crippen MR) is 75.2 cm³/mol. The van der Waals surface area contributed by atoms with Gasteiger partial charge < -0.3 is 5.11 Å². The van der Waals surface area contributed by atoms with E-state index in [0.29, 0.717) is 0 Å². The van der Waals surface area contributed by atoms with Crippen LogP contribution in [0.4, 0.5) is 0 Å². The number of aliphatic hydroxyl groups excluding tert-OH is 1. The SMILES string of the molecule is CC(O)CCC1CCCCCCCCCCC1. The van der Waals surface area contributed by atoms with E-state index >= 15 is 0 Å². The van der Waals surface area contributed by atoms with Gasteiger partial charge in [-0.2, -0.15) is 0 Å². The van der Waals surface area contributed by atoms with Crippen LogP contribution in [-0.4, -0.2) is 11.2 Å². The Morgan fingerprint density at radius 2 is 1.24 bits per heavy atom. The molecule has 1 saturated carbocycles. The highest BCUT2D eigenvalue weighted by molar-refractivity contribution is 4.63. The molecule has 0 amide bonds. The molecule has 1 heteroatoms. The zero-order valence-electron chi connectivity index (χ0n) is 11.8. The first kappa shape index (κ1) is 15.0. The molecule has 1 unspecified atom stereocenters. The van der Waals surface area contributed by atoms with Gasteiger partial charge in [0, 0.05) is 0 Å². The summed E-state index contributed by atoms with van der Waals surface area (Å²) in [7, 11) is 0. The highest BCUT2D eigenvalue weighted by atomic mass is 16.3. The zero-order chi connectivity index (χ0) is 12.3. The summed E-state index contributed by atoms with van der Waals surface area (Å²) in [5.41, 5.74) is 0. The van der Waals surface area contributed by atoms with Crippen molar-refractivity contribution in [1.82, 2.24) is 0 Å². The lowest BCUT2D eigenvalue weighted by Crippen LogP contribution is -2.07. The number of aliphatic hydroxyl groups is 1. The van der Waals surface area contributed by atoms with Crippen LogP contribution in [0.3, 0.4) is 0 Å². The zero-order valence-corrected chi connectivity index (χ0v) is 11.8. The molecule has 0 saturated heterocycles. The fraction of sp³-hybridized carbons (Fsp3) is 1.00. The summed E-state index contributed by atoms with van der Waals surface area (Å²) in [6, 6.07) is 0. The van der Waals surface area contributed by atoms with Crippen molar-refractivity contribution in [3.05, 3.63) is 0 Å². The largest absolute Gasteiger partial charge is 0.393 e. The molecule has 102 valence electrons. The van der Waals surface area contributed by atoms with E-state index in [1.165, 1.54) is 77.0 Å². The van der Waals surface area contributed by atoms with Gasteiger partial charge in [0.25, 0.3) is 0 Å². The molecule has 0 bridgehead atoms. The molecule has 0 spiro atoms. The minimum absolute atomic E-state index is 0.101. The van der Waals surface area contributed by atoms with Gasteiger partial charge in [-0.3, -0.25) is 0 Å². The van der Waals surface area contributed by atoms with Gasteiger partial charge in [0.05, 0.1) is 6.10 Å². The van der Waals surface area contributed by atoms with E-state index < -0.39 is 0 Å². The van der Waals surface area contributed by atoms with Gasteiger partial charge >= 0.3 is 0 Å². The highest BCUT2D eigenvalue weighted by Gasteiger charge is 2.10. The second kappa shape index (κ2) is 9.94. The fourth-order valence-corrected chi connectivity index (χ4v) is 3.01. The topological polar surface area (TPSA) is 20.2 Å². The van der Waals surface area contributed by atoms with E-state index in [2.05, 4.69) is 0 Å². The van der Waals surface area contributed by atoms with Gasteiger partial charge in [0.1, 0.15) is 0 Å². The molecule has 1 nitrogen and oxygen atoms in total. The molecule has 1 aliphatic carbocycles. The predicted octanol–water partition coefficient (Wildman–Crippen LogP) is 5.07. The van der Waals surface area contributed by atoms with Crippen molar-refractivity contribution in [2.24, 2.45) is 5.92 Å². The minimum atomic E-state index is -0.101. The molecule has 0 radical (unpaired) electrons. The molecule has 1 rings (SSSR count). The van der Waals surface area contributed by atoms with Crippen molar-refractivity contribution in [3.63, 3.8) is 0 Å². The Morgan fingerprint density at radius 1 is 0.824 bits per heavy atom. The van der Waals surface area contributed by atoms with E-state index in [1.54, 1.807) is 0 Å². The third-order valence-electron chi connectivity index (χ3n) is 4.22. The van der Waals surface area contributed by atoms with Crippen LogP contribution in [0, 0.1) is 5.92 Å². The van der Waals surface area contributed by atoms with Gasteiger partial charge in [-0.1, -0.05) is 70.6 Å². The number of rotatable bonds is 3. The Kier molecular flexibility index (Phi) is 8.78. The fourth-order valence-electron chi connectivity index (χ4n) is 3.01. The monoisotopic (exact) mass is 240 g/mol. The van der Waals surface area contributed by atoms with Crippen molar-refractivity contribution in [3.8, 4) is 0 Å². The lowest BCUT2D eigenvalue weighted by molar-refractivity contribution is 0.169. The summed E-state index contributed by atoms with van der Waals surface area (Å²) in [6.45, 7) is 1.93. The van der Waals surface area contributed by atoms with E-state index in [0.717, 1.165) is 12.3 Å². The van der Waals surface area contributed by atoms with Crippen molar-refractivity contribution in [1.29, 1.82) is 0 Å². The maximum Gasteiger partial charge on any atom is 0.0512 e. The Bertz CT molecular complexity index is 153. The van der Waals surface area contributed by atoms with E-state index in [-0.39, 0.29) is 6.10 Å². The molecule has 0 aromatic heterocycles. The van der Waals surface area contributed by atoms with Crippen molar-refractivity contribution in [2.45, 2.75) is 96.5 Å². The third-order valence-corrected chi connectivity index (χ3v) is 4.22. The summed E-state index contributed by atoms with van der Waals surface area (Å²) in [5.74, 6) is 0.893. The van der Waals surface area contributed by atoms with Gasteiger partial charge in [0.2, 0.25) is 0 Å². The summed E-state index contributed by atoms with van der Waals surface area (Å²) in [4.78, 5) is 0. The molecule has 0 heterocycles. The molecule has 0 aliphatic heterocycles. The van der Waals surface area contributed by atoms with Gasteiger partial charge in [-0.25, -0.2) is 0 Å². The number of hydrogen-bond donors (Lipinski definition) is 1. The van der Waals surface area contributed by atoms with Crippen LogP contribution in [0.2, 0.25) is 0 Å². The van der Waals surface area contributed by atoms with Crippen LogP contribution < -0.4 is 0 Å². The third kappa shape index (κ3) is 8.65. The second-order valence-corrected chi connectivity index (χ2v) is 6.05. The van der Waals surface area contributed by atoms with Crippen LogP contribution in [0.15, 0.2) is 0 Å². The van der Waals surface area contributed by atoms with E-state index in [1.807, 2.05) is 6.92 Å². The molecule has 1 aliphatic rings. The molecule has 17 heavy (non-hydrogen) atoms. The van der Waals surface area contributed by atoms with Crippen LogP contribution in [0.5, 0.6) is 0 Å². The summed E-state index contributed by atoms with van der Waals surface area (Å²) in [6.07, 6.45) is 18.0. The summed E-state index contributed by atoms with van der Waals surface area (Å²) < 4.78 is 0. The van der Waals surface area contributed by atoms with Crippen molar-refractivity contribution >= 4 is 0 Å². The number of hydrogen-bond acceptors (Lipinski definition) is 1. The lowest BCUT2D eigenvalue weighted by atomic mass is 9.89. The molecular weight excluding hydrogens is 208 g/mol. The van der Waals surface area contributed by atoms with Crippen LogP contribution in [0.25, 0.3) is 0 Å². The summed E-state index contributed by atoms with van der Waals surface area (Å²) in [5, 5.41) is 9.39. The Hall–Kier alpha value is -0.0400. The first-order valence-corrected chi connectivity index (χ1v) is 7.97. The quantitative estimate of drug-likeness (QED) is 0.730. The smallest absolute Gasteiger partial charge is 0.0512 e. The van der Waals surface area contributed by atoms with Gasteiger partial charge in [0.15, 0.2) is 0 Å². The van der Waals surface area contributed by atoms with Crippen molar-refractivity contribution in [2.75, 3.05) is 0 Å². The molecule has 0 aromatic rings. The molecule has 1 N–H and O–H groups in total. The second-order valence-electron chi connectivity index (χ2n) is 6.05. The average molecular weight is 240 g/mol. The van der Waals surface area contributed by atoms with E-state index in [4.69, 9.17) is 0 Å². The summed E-state index contributed by atoms with van der Waals surface area (Å²) >= 11 is 0. The Morgan fingerprint density at radius 3 is 1.65 bits per heavy atom. The molecular formula is C16H32O. The standard InChI is InChI=1S/C16H32O/c1-15(17)13-14-16-11-9-7-5-3-2-4-6-8-10-12-16/h15-17H,2-14H2,1H3. The van der Waals surface area contributed by atoms with Crippen molar-refractivity contribution < 1.29 is 5.11 Å². The first-order chi connectivity index (χ1) is 8.29. The van der Waals surface area contributed by atoms with E-state index in [9.17, 15) is 5.11 Å². The lowest BCUT2D eigenvalue weighted by Gasteiger charge is -2.18. The molecule has 1 atom stereocenters. The maximum absolute atomic E-state index is 9.39. The average Bonchev–Trinajstić information content (AvgIpc) is 2.28. The Balaban J connectivity index is 2.22. The normalized spacial score (nSPS) is 23.6. The highest BCUT2D eigenvalue weighted by Crippen LogP contribution is 2.24. The molecule has 0 aromatic carbocycles. The van der Waals surface area contributed by atoms with Gasteiger partial charge in [-0.15, -0.1) is 0 Å². The van der Waals surface area contributed by atoms with Crippen LogP contribution >= 0.6 is 0 Å². The van der Waals surface area contributed by atoms with Crippen LogP contribution in [0.1, 0.15) is 90.4 Å². The van der Waals surface area contributed by atoms with Crippen LogP contribution in [-0.2, 0) is 0 Å². The minimum Gasteiger partial charge on any atom is -0.393 e. The Labute approximate surface area is 108 Å². The van der Waals surface area contributed by atoms with Gasteiger partial charge in [-0.05, 0) is 25.7 Å².